The van der Waals surface area contributed by atoms with Gasteiger partial charge in [-0.3, -0.25) is 19.9 Å². The van der Waals surface area contributed by atoms with Gasteiger partial charge in [-0.15, -0.1) is 0 Å². The summed E-state index contributed by atoms with van der Waals surface area (Å²) in [5.74, 6) is -0.679. The SMILES string of the molecule is CNC(=O)c1c(Nc2cc(Cc3ccc4nccnc4c3)[nH]n2)ncnc1Oc1ccc2[nH]c(C)cc2c1F. The van der Waals surface area contributed by atoms with Crippen molar-refractivity contribution in [3.63, 3.8) is 0 Å². The molecule has 0 unspecified atom stereocenters. The Kier molecular flexibility index (Phi) is 6.04. The molecule has 0 saturated heterocycles. The van der Waals surface area contributed by atoms with Gasteiger partial charge in [0, 0.05) is 54.2 Å². The predicted octanol–water partition coefficient (Wildman–Crippen LogP) is 4.56. The van der Waals surface area contributed by atoms with Crippen molar-refractivity contribution in [1.29, 1.82) is 0 Å². The van der Waals surface area contributed by atoms with Gasteiger partial charge in [-0.05, 0) is 42.8 Å². The van der Waals surface area contributed by atoms with Crippen LogP contribution in [0.3, 0.4) is 0 Å². The molecule has 0 spiro atoms. The molecular weight excluding hydrogens is 501 g/mol. The van der Waals surface area contributed by atoms with Gasteiger partial charge in [0.25, 0.3) is 5.91 Å². The minimum absolute atomic E-state index is 0.00222. The van der Waals surface area contributed by atoms with Crippen LogP contribution in [0.5, 0.6) is 11.6 Å². The van der Waals surface area contributed by atoms with Crippen LogP contribution in [-0.4, -0.2) is 48.1 Å². The molecule has 6 aromatic rings. The normalized spacial score (nSPS) is 11.2. The number of anilines is 2. The maximum Gasteiger partial charge on any atom is 0.260 e. The number of halogens is 1. The number of ether oxygens (including phenoxy) is 1. The summed E-state index contributed by atoms with van der Waals surface area (Å²) in [6.45, 7) is 1.84. The number of nitrogens with zero attached hydrogens (tertiary/aromatic N) is 5. The smallest absolute Gasteiger partial charge is 0.260 e. The topological polar surface area (TPSA) is 146 Å². The maximum absolute atomic E-state index is 15.2. The fraction of sp³-hybridized carbons (Fsp3) is 0.111. The highest BCUT2D eigenvalue weighted by Crippen LogP contribution is 2.33. The fourth-order valence-electron chi connectivity index (χ4n) is 4.32. The number of hydrogen-bond donors (Lipinski definition) is 4. The molecule has 6 rings (SSSR count). The van der Waals surface area contributed by atoms with Gasteiger partial charge in [0.05, 0.1) is 11.0 Å². The average molecular weight is 524 g/mol. The maximum atomic E-state index is 15.2. The van der Waals surface area contributed by atoms with Crippen LogP contribution in [0.1, 0.15) is 27.3 Å². The first-order chi connectivity index (χ1) is 19.0. The monoisotopic (exact) mass is 523 g/mol. The summed E-state index contributed by atoms with van der Waals surface area (Å²) < 4.78 is 21.0. The molecule has 12 heteroatoms. The number of amides is 1. The molecule has 0 fully saturated rings. The summed E-state index contributed by atoms with van der Waals surface area (Å²) in [4.78, 5) is 32.9. The summed E-state index contributed by atoms with van der Waals surface area (Å²) >= 11 is 0. The number of carbonyl (C=O) groups is 1. The summed E-state index contributed by atoms with van der Waals surface area (Å²) in [7, 11) is 1.47. The van der Waals surface area contributed by atoms with Crippen molar-refractivity contribution in [2.24, 2.45) is 0 Å². The lowest BCUT2D eigenvalue weighted by Gasteiger charge is -2.13. The van der Waals surface area contributed by atoms with E-state index in [2.05, 4.69) is 45.8 Å². The van der Waals surface area contributed by atoms with E-state index in [1.807, 2.05) is 25.1 Å². The van der Waals surface area contributed by atoms with E-state index < -0.39 is 11.7 Å². The van der Waals surface area contributed by atoms with Crippen LogP contribution in [-0.2, 0) is 6.42 Å². The van der Waals surface area contributed by atoms with Gasteiger partial charge in [-0.2, -0.15) is 5.10 Å². The van der Waals surface area contributed by atoms with Crippen LogP contribution in [0.25, 0.3) is 21.9 Å². The van der Waals surface area contributed by atoms with E-state index in [4.69, 9.17) is 4.74 Å². The predicted molar refractivity (Wildman–Crippen MR) is 143 cm³/mol. The van der Waals surface area contributed by atoms with Gasteiger partial charge in [0.2, 0.25) is 5.88 Å². The molecule has 0 aliphatic carbocycles. The molecule has 0 atom stereocenters. The Labute approximate surface area is 220 Å². The molecule has 0 aliphatic heterocycles. The molecule has 0 bridgehead atoms. The van der Waals surface area contributed by atoms with E-state index in [1.54, 1.807) is 30.6 Å². The quantitative estimate of drug-likeness (QED) is 0.238. The van der Waals surface area contributed by atoms with Gasteiger partial charge in [0.1, 0.15) is 11.9 Å². The molecule has 4 aromatic heterocycles. The summed E-state index contributed by atoms with van der Waals surface area (Å²) in [5.41, 5.74) is 4.93. The zero-order valence-electron chi connectivity index (χ0n) is 20.9. The fourth-order valence-corrected chi connectivity index (χ4v) is 4.32. The Balaban J connectivity index is 1.27. The van der Waals surface area contributed by atoms with Crippen LogP contribution in [0.4, 0.5) is 16.0 Å². The third-order valence-electron chi connectivity index (χ3n) is 6.12. The lowest BCUT2D eigenvalue weighted by atomic mass is 10.1. The Bertz CT molecular complexity index is 1850. The highest BCUT2D eigenvalue weighted by molar-refractivity contribution is 6.01. The summed E-state index contributed by atoms with van der Waals surface area (Å²) in [6.07, 6.45) is 5.11. The zero-order valence-corrected chi connectivity index (χ0v) is 20.9. The van der Waals surface area contributed by atoms with Crippen molar-refractivity contribution in [2.45, 2.75) is 13.3 Å². The second-order valence-corrected chi connectivity index (χ2v) is 8.83. The Morgan fingerprint density at radius 3 is 2.72 bits per heavy atom. The zero-order chi connectivity index (χ0) is 26.9. The summed E-state index contributed by atoms with van der Waals surface area (Å²) in [6, 6.07) is 12.5. The highest BCUT2D eigenvalue weighted by atomic mass is 19.1. The Hall–Kier alpha value is -5.39. The molecule has 2 aromatic carbocycles. The number of hydrogen-bond acceptors (Lipinski definition) is 8. The van der Waals surface area contributed by atoms with E-state index in [1.165, 1.54) is 19.4 Å². The number of fused-ring (bicyclic) bond motifs is 2. The first-order valence-corrected chi connectivity index (χ1v) is 12.0. The molecule has 0 saturated carbocycles. The van der Waals surface area contributed by atoms with Crippen molar-refractivity contribution in [3.05, 3.63) is 89.5 Å². The largest absolute Gasteiger partial charge is 0.435 e. The van der Waals surface area contributed by atoms with Crippen LogP contribution in [0.2, 0.25) is 0 Å². The molecule has 11 nitrogen and oxygen atoms in total. The number of aromatic amines is 2. The third-order valence-corrected chi connectivity index (χ3v) is 6.12. The van der Waals surface area contributed by atoms with E-state index in [9.17, 15) is 4.79 Å². The number of H-pyrrole nitrogens is 2. The molecule has 4 N–H and O–H groups in total. The molecule has 1 amide bonds. The molecule has 0 aliphatic rings. The Morgan fingerprint density at radius 1 is 1.03 bits per heavy atom. The van der Waals surface area contributed by atoms with E-state index in [0.717, 1.165) is 28.0 Å². The van der Waals surface area contributed by atoms with Gasteiger partial charge in [0.15, 0.2) is 23.2 Å². The second kappa shape index (κ2) is 9.82. The molecule has 4 heterocycles. The van der Waals surface area contributed by atoms with Crippen LogP contribution in [0.15, 0.2) is 61.2 Å². The first kappa shape index (κ1) is 24.0. The van der Waals surface area contributed by atoms with E-state index in [-0.39, 0.29) is 23.0 Å². The third kappa shape index (κ3) is 4.70. The van der Waals surface area contributed by atoms with Gasteiger partial charge in [-0.25, -0.2) is 14.4 Å². The van der Waals surface area contributed by atoms with E-state index in [0.29, 0.717) is 23.1 Å². The van der Waals surface area contributed by atoms with E-state index >= 15 is 4.39 Å². The Morgan fingerprint density at radius 2 is 1.87 bits per heavy atom. The minimum Gasteiger partial charge on any atom is -0.435 e. The number of benzene rings is 2. The van der Waals surface area contributed by atoms with Crippen LogP contribution in [0, 0.1) is 12.7 Å². The molecule has 0 radical (unpaired) electrons. The summed E-state index contributed by atoms with van der Waals surface area (Å²) in [5, 5.41) is 13.3. The molecule has 39 heavy (non-hydrogen) atoms. The molecule has 194 valence electrons. The first-order valence-electron chi connectivity index (χ1n) is 12.0. The average Bonchev–Trinajstić information content (AvgIpc) is 3.55. The number of carbonyl (C=O) groups excluding carboxylic acids is 1. The van der Waals surface area contributed by atoms with Gasteiger partial charge in [-0.1, -0.05) is 6.07 Å². The van der Waals surface area contributed by atoms with Crippen molar-refractivity contribution in [1.82, 2.24) is 40.4 Å². The van der Waals surface area contributed by atoms with Crippen molar-refractivity contribution in [2.75, 3.05) is 12.4 Å². The van der Waals surface area contributed by atoms with Gasteiger partial charge >= 0.3 is 0 Å². The number of rotatable bonds is 7. The standard InChI is InChI=1S/C27H22FN9O2/c1-14-9-17-18(34-14)5-6-21(24(17)28)39-27-23(26(38)29-2)25(32-13-33-27)35-22-12-16(36-37-22)10-15-3-4-19-20(11-15)31-8-7-30-19/h3-9,11-13,34H,10H2,1-2H3,(H,29,38)(H2,32,33,35,36,37). The van der Waals surface area contributed by atoms with Crippen molar-refractivity contribution < 1.29 is 13.9 Å². The van der Waals surface area contributed by atoms with Crippen LogP contribution < -0.4 is 15.4 Å². The van der Waals surface area contributed by atoms with Crippen molar-refractivity contribution >= 4 is 39.5 Å². The lowest BCUT2D eigenvalue weighted by Crippen LogP contribution is -2.21. The number of aromatic nitrogens is 7. The highest BCUT2D eigenvalue weighted by Gasteiger charge is 2.23. The number of nitrogens with one attached hydrogen (secondary N) is 4. The lowest BCUT2D eigenvalue weighted by molar-refractivity contribution is 0.0960. The number of aryl methyl sites for hydroxylation is 1. The second-order valence-electron chi connectivity index (χ2n) is 8.83. The van der Waals surface area contributed by atoms with Crippen molar-refractivity contribution in [3.8, 4) is 11.6 Å². The molecular formula is C27H22FN9O2. The van der Waals surface area contributed by atoms with Gasteiger partial charge < -0.3 is 20.4 Å². The van der Waals surface area contributed by atoms with Crippen LogP contribution >= 0.6 is 0 Å². The minimum atomic E-state index is -0.565.